The lowest BCUT2D eigenvalue weighted by atomic mass is 10.1. The molecule has 0 saturated carbocycles. The molecule has 32 heavy (non-hydrogen) atoms. The van der Waals surface area contributed by atoms with E-state index in [2.05, 4.69) is 10.3 Å². The Bertz CT molecular complexity index is 1300. The Labute approximate surface area is 183 Å². The lowest BCUT2D eigenvalue weighted by Crippen LogP contribution is -2.24. The molecule has 3 heterocycles. The smallest absolute Gasteiger partial charge is 0.266 e. The molecule has 0 bridgehead atoms. The number of nitrogen functional groups attached to an aromatic ring is 1. The van der Waals surface area contributed by atoms with Gasteiger partial charge in [-0.2, -0.15) is 0 Å². The number of alkyl halides is 2. The number of nitrogens with two attached hydrogens (primary N) is 1. The third-order valence-electron chi connectivity index (χ3n) is 5.58. The fourth-order valence-electron chi connectivity index (χ4n) is 3.87. The first-order valence-electron chi connectivity index (χ1n) is 10.2. The van der Waals surface area contributed by atoms with E-state index in [0.29, 0.717) is 35.0 Å². The third-order valence-corrected chi connectivity index (χ3v) is 5.58. The van der Waals surface area contributed by atoms with Crippen molar-refractivity contribution in [3.63, 3.8) is 0 Å². The standard InChI is InChI=1S/C23H21F2N7/c24-23(25)7-9-32(14-23)18-5-3-17(4-6-18)29-21-22-28-8-10-31(22)13-20(30-21)15-1-2-16(12-26)19(27)11-15/h1-6,8,10-13,26H,7,9,14,27H2,(H,29,30). The summed E-state index contributed by atoms with van der Waals surface area (Å²) in [5.74, 6) is -2.07. The molecule has 7 nitrogen and oxygen atoms in total. The zero-order valence-corrected chi connectivity index (χ0v) is 17.1. The number of hydrogen-bond acceptors (Lipinski definition) is 6. The molecule has 2 aromatic carbocycles. The zero-order valence-electron chi connectivity index (χ0n) is 17.1. The molecule has 1 fully saturated rings. The van der Waals surface area contributed by atoms with Crippen molar-refractivity contribution in [3.05, 3.63) is 66.6 Å². The lowest BCUT2D eigenvalue weighted by Gasteiger charge is -2.18. The van der Waals surface area contributed by atoms with Gasteiger partial charge in [-0.3, -0.25) is 0 Å². The van der Waals surface area contributed by atoms with Gasteiger partial charge in [0.05, 0.1) is 12.2 Å². The van der Waals surface area contributed by atoms with Gasteiger partial charge in [0.15, 0.2) is 11.5 Å². The Morgan fingerprint density at radius 3 is 2.66 bits per heavy atom. The number of halogens is 2. The van der Waals surface area contributed by atoms with Gasteiger partial charge in [0.1, 0.15) is 0 Å². The first kappa shape index (κ1) is 19.9. The van der Waals surface area contributed by atoms with Crippen LogP contribution < -0.4 is 16.0 Å². The molecular formula is C23H21F2N7. The van der Waals surface area contributed by atoms with Gasteiger partial charge in [0.25, 0.3) is 5.92 Å². The largest absolute Gasteiger partial charge is 0.398 e. The van der Waals surface area contributed by atoms with E-state index in [0.717, 1.165) is 16.9 Å². The van der Waals surface area contributed by atoms with Crippen LogP contribution in [0.15, 0.2) is 61.1 Å². The SMILES string of the molecule is N=Cc1ccc(-c2cn3ccnc3c(Nc3ccc(N4CCC(F)(F)C4)cc3)n2)cc1N. The van der Waals surface area contributed by atoms with Gasteiger partial charge < -0.3 is 25.8 Å². The third kappa shape index (κ3) is 3.73. The average molecular weight is 433 g/mol. The van der Waals surface area contributed by atoms with Crippen LogP contribution in [-0.4, -0.2) is 39.6 Å². The minimum atomic E-state index is -2.63. The van der Waals surface area contributed by atoms with Gasteiger partial charge in [-0.15, -0.1) is 0 Å². The molecule has 162 valence electrons. The van der Waals surface area contributed by atoms with Crippen LogP contribution >= 0.6 is 0 Å². The summed E-state index contributed by atoms with van der Waals surface area (Å²) < 4.78 is 28.9. The zero-order chi connectivity index (χ0) is 22.3. The molecule has 0 aliphatic carbocycles. The van der Waals surface area contributed by atoms with Gasteiger partial charge in [0, 0.05) is 66.0 Å². The molecule has 2 aromatic heterocycles. The van der Waals surface area contributed by atoms with Crippen molar-refractivity contribution in [2.24, 2.45) is 0 Å². The Morgan fingerprint density at radius 1 is 1.16 bits per heavy atom. The fraction of sp³-hybridized carbons (Fsp3) is 0.174. The summed E-state index contributed by atoms with van der Waals surface area (Å²) in [5, 5.41) is 10.7. The second-order valence-corrected chi connectivity index (χ2v) is 7.82. The van der Waals surface area contributed by atoms with Crippen LogP contribution in [0.3, 0.4) is 0 Å². The number of nitrogens with one attached hydrogen (secondary N) is 2. The summed E-state index contributed by atoms with van der Waals surface area (Å²) in [6.45, 7) is 0.0932. The van der Waals surface area contributed by atoms with E-state index in [9.17, 15) is 8.78 Å². The van der Waals surface area contributed by atoms with Crippen molar-refractivity contribution >= 4 is 34.7 Å². The summed E-state index contributed by atoms with van der Waals surface area (Å²) >= 11 is 0. The molecule has 1 aliphatic heterocycles. The highest BCUT2D eigenvalue weighted by molar-refractivity contribution is 5.87. The van der Waals surface area contributed by atoms with Gasteiger partial charge in [0.2, 0.25) is 0 Å². The lowest BCUT2D eigenvalue weighted by molar-refractivity contribution is 0.0257. The molecule has 9 heteroatoms. The number of fused-ring (bicyclic) bond motifs is 1. The van der Waals surface area contributed by atoms with E-state index in [-0.39, 0.29) is 13.0 Å². The second kappa shape index (κ2) is 7.60. The summed E-state index contributed by atoms with van der Waals surface area (Å²) in [5.41, 5.74) is 10.9. The molecule has 0 atom stereocenters. The van der Waals surface area contributed by atoms with Crippen LogP contribution in [-0.2, 0) is 0 Å². The quantitative estimate of drug-likeness (QED) is 0.317. The Hall–Kier alpha value is -4.01. The van der Waals surface area contributed by atoms with Crippen LogP contribution in [0, 0.1) is 5.41 Å². The highest BCUT2D eigenvalue weighted by Gasteiger charge is 2.38. The predicted molar refractivity (Wildman–Crippen MR) is 122 cm³/mol. The van der Waals surface area contributed by atoms with E-state index in [1.165, 1.54) is 6.21 Å². The first-order valence-corrected chi connectivity index (χ1v) is 10.2. The molecule has 5 rings (SSSR count). The molecule has 1 aliphatic rings. The number of nitrogens with zero attached hydrogens (tertiary/aromatic N) is 4. The second-order valence-electron chi connectivity index (χ2n) is 7.82. The van der Waals surface area contributed by atoms with Crippen molar-refractivity contribution in [1.82, 2.24) is 14.4 Å². The van der Waals surface area contributed by atoms with E-state index in [1.54, 1.807) is 23.2 Å². The minimum Gasteiger partial charge on any atom is -0.398 e. The van der Waals surface area contributed by atoms with Crippen LogP contribution in [0.1, 0.15) is 12.0 Å². The number of rotatable bonds is 5. The molecule has 0 amide bonds. The molecule has 4 N–H and O–H groups in total. The molecular weight excluding hydrogens is 412 g/mol. The maximum atomic E-state index is 13.5. The predicted octanol–water partition coefficient (Wildman–Crippen LogP) is 4.57. The monoisotopic (exact) mass is 433 g/mol. The van der Waals surface area contributed by atoms with E-state index < -0.39 is 5.92 Å². The van der Waals surface area contributed by atoms with Crippen molar-refractivity contribution < 1.29 is 8.78 Å². The Kier molecular flexibility index (Phi) is 4.73. The normalized spacial score (nSPS) is 15.2. The van der Waals surface area contributed by atoms with E-state index in [4.69, 9.17) is 16.1 Å². The summed E-state index contributed by atoms with van der Waals surface area (Å²) in [7, 11) is 0. The Balaban J connectivity index is 1.45. The van der Waals surface area contributed by atoms with Crippen molar-refractivity contribution in [1.29, 1.82) is 5.41 Å². The minimum absolute atomic E-state index is 0.118. The summed E-state index contributed by atoms with van der Waals surface area (Å²) in [4.78, 5) is 10.8. The Morgan fingerprint density at radius 2 is 1.97 bits per heavy atom. The molecule has 4 aromatic rings. The van der Waals surface area contributed by atoms with Crippen LogP contribution in [0.2, 0.25) is 0 Å². The van der Waals surface area contributed by atoms with Crippen LogP contribution in [0.5, 0.6) is 0 Å². The van der Waals surface area contributed by atoms with Gasteiger partial charge in [-0.25, -0.2) is 18.7 Å². The summed E-state index contributed by atoms with van der Waals surface area (Å²) in [6.07, 6.45) is 6.48. The van der Waals surface area contributed by atoms with E-state index in [1.807, 2.05) is 47.1 Å². The maximum Gasteiger partial charge on any atom is 0.266 e. The first-order chi connectivity index (χ1) is 15.4. The van der Waals surface area contributed by atoms with Crippen molar-refractivity contribution in [3.8, 4) is 11.3 Å². The number of imidazole rings is 1. The number of hydrogen-bond donors (Lipinski definition) is 3. The molecule has 1 saturated heterocycles. The number of benzene rings is 2. The maximum absolute atomic E-state index is 13.5. The van der Waals surface area contributed by atoms with Gasteiger partial charge >= 0.3 is 0 Å². The highest BCUT2D eigenvalue weighted by Crippen LogP contribution is 2.32. The van der Waals surface area contributed by atoms with Gasteiger partial charge in [-0.05, 0) is 30.3 Å². The average Bonchev–Trinajstić information content (AvgIpc) is 3.40. The van der Waals surface area contributed by atoms with Crippen molar-refractivity contribution in [2.45, 2.75) is 12.3 Å². The fourth-order valence-corrected chi connectivity index (χ4v) is 3.87. The highest BCUT2D eigenvalue weighted by atomic mass is 19.3. The number of anilines is 4. The van der Waals surface area contributed by atoms with Crippen molar-refractivity contribution in [2.75, 3.05) is 29.0 Å². The summed E-state index contributed by atoms with van der Waals surface area (Å²) in [6, 6.07) is 12.8. The molecule has 0 unspecified atom stereocenters. The topological polar surface area (TPSA) is 95.3 Å². The van der Waals surface area contributed by atoms with Crippen LogP contribution in [0.25, 0.3) is 16.9 Å². The molecule has 0 spiro atoms. The van der Waals surface area contributed by atoms with Gasteiger partial charge in [-0.1, -0.05) is 12.1 Å². The van der Waals surface area contributed by atoms with E-state index >= 15 is 0 Å². The number of aromatic nitrogens is 3. The molecule has 0 radical (unpaired) electrons. The van der Waals surface area contributed by atoms with Crippen LogP contribution in [0.4, 0.5) is 31.7 Å².